The van der Waals surface area contributed by atoms with Crippen LogP contribution in [0.15, 0.2) is 0 Å². The topological polar surface area (TPSA) is 52.6 Å². The molecule has 0 N–H and O–H groups in total. The van der Waals surface area contributed by atoms with Crippen molar-refractivity contribution >= 4 is 11.9 Å². The summed E-state index contributed by atoms with van der Waals surface area (Å²) in [6.07, 6.45) is 7.41. The van der Waals surface area contributed by atoms with Crippen LogP contribution in [-0.4, -0.2) is 24.1 Å². The zero-order chi connectivity index (χ0) is 18.4. The lowest BCUT2D eigenvalue weighted by molar-refractivity contribution is -0.153. The van der Waals surface area contributed by atoms with E-state index in [-0.39, 0.29) is 24.1 Å². The first-order chi connectivity index (χ1) is 11.8. The van der Waals surface area contributed by atoms with Gasteiger partial charge in [-0.3, -0.25) is 9.59 Å². The van der Waals surface area contributed by atoms with Gasteiger partial charge in [0, 0.05) is 12.8 Å². The van der Waals surface area contributed by atoms with Crippen LogP contribution in [0.2, 0.25) is 0 Å². The first-order valence-electron chi connectivity index (χ1n) is 10.2. The third-order valence-electron chi connectivity index (χ3n) is 6.46. The van der Waals surface area contributed by atoms with Gasteiger partial charge in [-0.25, -0.2) is 0 Å². The Morgan fingerprint density at radius 1 is 0.680 bits per heavy atom. The molecule has 4 heteroatoms. The Balaban J connectivity index is 1.58. The van der Waals surface area contributed by atoms with Crippen molar-refractivity contribution < 1.29 is 19.1 Å². The summed E-state index contributed by atoms with van der Waals surface area (Å²) in [6.45, 7) is 8.99. The van der Waals surface area contributed by atoms with Crippen LogP contribution in [0, 0.1) is 23.7 Å². The molecule has 2 saturated carbocycles. The largest absolute Gasteiger partial charge is 0.462 e. The Morgan fingerprint density at radius 2 is 1.08 bits per heavy atom. The van der Waals surface area contributed by atoms with Crippen LogP contribution in [0.5, 0.6) is 0 Å². The van der Waals surface area contributed by atoms with E-state index >= 15 is 0 Å². The maximum atomic E-state index is 12.0. The van der Waals surface area contributed by atoms with Crippen molar-refractivity contribution in [3.63, 3.8) is 0 Å². The molecule has 144 valence electrons. The fourth-order valence-corrected chi connectivity index (χ4v) is 4.08. The summed E-state index contributed by atoms with van der Waals surface area (Å²) in [6, 6.07) is 0. The van der Waals surface area contributed by atoms with Gasteiger partial charge in [-0.15, -0.1) is 0 Å². The fraction of sp³-hybridized carbons (Fsp3) is 0.905. The predicted molar refractivity (Wildman–Crippen MR) is 98.0 cm³/mol. The quantitative estimate of drug-likeness (QED) is 0.639. The first kappa shape index (κ1) is 20.3. The molecule has 2 aliphatic rings. The molecule has 2 fully saturated rings. The van der Waals surface area contributed by atoms with Gasteiger partial charge in [0.15, 0.2) is 0 Å². The van der Waals surface area contributed by atoms with Gasteiger partial charge in [0.25, 0.3) is 0 Å². The fourth-order valence-electron chi connectivity index (χ4n) is 4.08. The normalized spacial score (nSPS) is 35.8. The molecule has 2 aliphatic carbocycles. The minimum absolute atomic E-state index is 0.0661. The summed E-state index contributed by atoms with van der Waals surface area (Å²) >= 11 is 0. The van der Waals surface area contributed by atoms with E-state index < -0.39 is 0 Å². The molecule has 0 aromatic rings. The van der Waals surface area contributed by atoms with Crippen molar-refractivity contribution in [2.45, 2.75) is 97.7 Å². The highest BCUT2D eigenvalue weighted by atomic mass is 16.5. The van der Waals surface area contributed by atoms with Gasteiger partial charge in [0.05, 0.1) is 0 Å². The van der Waals surface area contributed by atoms with Crippen LogP contribution in [0.4, 0.5) is 0 Å². The van der Waals surface area contributed by atoms with Crippen LogP contribution < -0.4 is 0 Å². The number of carbonyl (C=O) groups excluding carboxylic acids is 2. The smallest absolute Gasteiger partial charge is 0.306 e. The molecule has 2 rings (SSSR count). The second-order valence-electron chi connectivity index (χ2n) is 8.61. The monoisotopic (exact) mass is 352 g/mol. The number of rotatable bonds is 6. The predicted octanol–water partition coefficient (Wildman–Crippen LogP) is 4.89. The third-order valence-corrected chi connectivity index (χ3v) is 6.46. The average molecular weight is 353 g/mol. The van der Waals surface area contributed by atoms with Crippen LogP contribution in [0.1, 0.15) is 85.5 Å². The maximum absolute atomic E-state index is 12.0. The van der Waals surface area contributed by atoms with Gasteiger partial charge in [-0.2, -0.15) is 0 Å². The summed E-state index contributed by atoms with van der Waals surface area (Å²) in [4.78, 5) is 24.0. The summed E-state index contributed by atoms with van der Waals surface area (Å²) < 4.78 is 11.2. The zero-order valence-electron chi connectivity index (χ0n) is 16.5. The molecule has 25 heavy (non-hydrogen) atoms. The number of ether oxygens (including phenoxy) is 2. The summed E-state index contributed by atoms with van der Waals surface area (Å²) in [7, 11) is 0. The lowest BCUT2D eigenvalue weighted by atomic mass is 9.80. The van der Waals surface area contributed by atoms with Crippen LogP contribution in [-0.2, 0) is 19.1 Å². The molecule has 0 saturated heterocycles. The average Bonchev–Trinajstić information content (AvgIpc) is 2.54. The van der Waals surface area contributed by atoms with Crippen LogP contribution in [0.25, 0.3) is 0 Å². The standard InChI is InChI=1S/C21H36O4/c1-14-8-10-18(12-16(14)3)24-20(22)6-5-7-21(23)25-19-11-9-15(2)17(4)13-19/h14-19H,5-13H2,1-4H3. The number of esters is 2. The molecule has 0 amide bonds. The SMILES string of the molecule is CC1CCC(OC(=O)CCCC(=O)OC2CCC(C)C(C)C2)CC1C. The second-order valence-corrected chi connectivity index (χ2v) is 8.61. The Kier molecular flexibility index (Phi) is 7.77. The highest BCUT2D eigenvalue weighted by Crippen LogP contribution is 2.32. The van der Waals surface area contributed by atoms with E-state index in [1.54, 1.807) is 0 Å². The first-order valence-corrected chi connectivity index (χ1v) is 10.2. The van der Waals surface area contributed by atoms with Crippen molar-refractivity contribution in [2.24, 2.45) is 23.7 Å². The molecule has 6 atom stereocenters. The minimum Gasteiger partial charge on any atom is -0.462 e. The summed E-state index contributed by atoms with van der Waals surface area (Å²) in [5.41, 5.74) is 0. The zero-order valence-corrected chi connectivity index (χ0v) is 16.5. The summed E-state index contributed by atoms with van der Waals surface area (Å²) in [5.74, 6) is 2.33. The molecule has 6 unspecified atom stereocenters. The van der Waals surface area contributed by atoms with Crippen molar-refractivity contribution in [3.05, 3.63) is 0 Å². The Labute approximate surface area is 153 Å². The second kappa shape index (κ2) is 9.59. The van der Waals surface area contributed by atoms with Crippen molar-refractivity contribution in [1.29, 1.82) is 0 Å². The van der Waals surface area contributed by atoms with E-state index in [0.717, 1.165) is 50.4 Å². The van der Waals surface area contributed by atoms with Crippen molar-refractivity contribution in [1.82, 2.24) is 0 Å². The van der Waals surface area contributed by atoms with Gasteiger partial charge < -0.3 is 9.47 Å². The molecule has 0 radical (unpaired) electrons. The van der Waals surface area contributed by atoms with Crippen LogP contribution in [0.3, 0.4) is 0 Å². The molecule has 0 aliphatic heterocycles. The van der Waals surface area contributed by atoms with E-state index in [9.17, 15) is 9.59 Å². The van der Waals surface area contributed by atoms with Gasteiger partial charge in [0.1, 0.15) is 12.2 Å². The van der Waals surface area contributed by atoms with E-state index in [4.69, 9.17) is 9.47 Å². The Hall–Kier alpha value is -1.06. The van der Waals surface area contributed by atoms with E-state index in [0.29, 0.717) is 31.1 Å². The molecule has 0 spiro atoms. The summed E-state index contributed by atoms with van der Waals surface area (Å²) in [5, 5.41) is 0. The molecule has 0 aromatic carbocycles. The molecule has 0 aromatic heterocycles. The Bertz CT molecular complexity index is 407. The van der Waals surface area contributed by atoms with Crippen LogP contribution >= 0.6 is 0 Å². The highest BCUT2D eigenvalue weighted by Gasteiger charge is 2.28. The van der Waals surface area contributed by atoms with E-state index in [1.807, 2.05) is 0 Å². The molecular formula is C21H36O4. The maximum Gasteiger partial charge on any atom is 0.306 e. The van der Waals surface area contributed by atoms with Gasteiger partial charge in [-0.1, -0.05) is 27.7 Å². The lowest BCUT2D eigenvalue weighted by Crippen LogP contribution is -2.29. The number of hydrogen-bond acceptors (Lipinski definition) is 4. The minimum atomic E-state index is -0.167. The van der Waals surface area contributed by atoms with E-state index in [1.165, 1.54) is 0 Å². The Morgan fingerprint density at radius 3 is 1.44 bits per heavy atom. The third kappa shape index (κ3) is 6.63. The van der Waals surface area contributed by atoms with Crippen molar-refractivity contribution in [3.8, 4) is 0 Å². The highest BCUT2D eigenvalue weighted by molar-refractivity contribution is 5.72. The molecule has 4 nitrogen and oxygen atoms in total. The van der Waals surface area contributed by atoms with Crippen molar-refractivity contribution in [2.75, 3.05) is 0 Å². The lowest BCUT2D eigenvalue weighted by Gasteiger charge is -2.31. The number of hydrogen-bond donors (Lipinski definition) is 0. The molecular weight excluding hydrogens is 316 g/mol. The van der Waals surface area contributed by atoms with E-state index in [2.05, 4.69) is 27.7 Å². The molecule has 0 heterocycles. The van der Waals surface area contributed by atoms with Gasteiger partial charge in [-0.05, 0) is 68.6 Å². The number of carbonyl (C=O) groups is 2. The van der Waals surface area contributed by atoms with Gasteiger partial charge >= 0.3 is 11.9 Å². The van der Waals surface area contributed by atoms with Gasteiger partial charge in [0.2, 0.25) is 0 Å². The molecule has 0 bridgehead atoms.